The van der Waals surface area contributed by atoms with Gasteiger partial charge >= 0.3 is 0 Å². The zero-order valence-corrected chi connectivity index (χ0v) is 15.8. The number of hydrogen-bond acceptors (Lipinski definition) is 7. The fourth-order valence-electron chi connectivity index (χ4n) is 2.51. The number of nitrogens with zero attached hydrogens (tertiary/aromatic N) is 1. The summed E-state index contributed by atoms with van der Waals surface area (Å²) in [5.41, 5.74) is 1.06. The zero-order valence-electron chi connectivity index (χ0n) is 14.2. The lowest BCUT2D eigenvalue weighted by Gasteiger charge is -2.19. The Bertz CT molecular complexity index is 487. The molecule has 0 bridgehead atoms. The van der Waals surface area contributed by atoms with E-state index in [0.29, 0.717) is 13.1 Å². The third kappa shape index (κ3) is 5.30. The molecule has 0 radical (unpaired) electrons. The second-order valence-electron chi connectivity index (χ2n) is 5.29. The van der Waals surface area contributed by atoms with E-state index in [1.54, 1.807) is 21.3 Å². The molecule has 1 heterocycles. The van der Waals surface area contributed by atoms with E-state index in [1.807, 2.05) is 18.2 Å². The lowest BCUT2D eigenvalue weighted by Crippen LogP contribution is -2.31. The summed E-state index contributed by atoms with van der Waals surface area (Å²) in [5.74, 6) is 0.735. The first-order valence-corrected chi connectivity index (χ1v) is 8.36. The van der Waals surface area contributed by atoms with Crippen molar-refractivity contribution in [3.63, 3.8) is 0 Å². The molecule has 24 heavy (non-hydrogen) atoms. The molecule has 7 nitrogen and oxygen atoms in total. The second kappa shape index (κ2) is 10.2. The van der Waals surface area contributed by atoms with Gasteiger partial charge in [-0.25, -0.2) is 0 Å². The number of rotatable bonds is 10. The van der Waals surface area contributed by atoms with Gasteiger partial charge < -0.3 is 33.3 Å². The van der Waals surface area contributed by atoms with Gasteiger partial charge in [-0.15, -0.1) is 0 Å². The van der Waals surface area contributed by atoms with E-state index in [2.05, 4.69) is 20.8 Å². The summed E-state index contributed by atoms with van der Waals surface area (Å²) < 4.78 is 32.7. The Balaban J connectivity index is 2.03. The first-order chi connectivity index (χ1) is 11.7. The van der Waals surface area contributed by atoms with Crippen LogP contribution in [0.1, 0.15) is 0 Å². The van der Waals surface area contributed by atoms with Crippen LogP contribution in [0.3, 0.4) is 0 Å². The van der Waals surface area contributed by atoms with Gasteiger partial charge in [0.1, 0.15) is 31.5 Å². The molecule has 0 N–H and O–H groups in total. The smallest absolute Gasteiger partial charge is 0.188 e. The molecule has 0 unspecified atom stereocenters. The number of hydrogen-bond donors (Lipinski definition) is 0. The maximum Gasteiger partial charge on any atom is 0.188 e. The lowest BCUT2D eigenvalue weighted by molar-refractivity contribution is -0.139. The molecule has 2 atom stereocenters. The lowest BCUT2D eigenvalue weighted by atomic mass is 10.2. The van der Waals surface area contributed by atoms with E-state index in [4.69, 9.17) is 28.4 Å². The van der Waals surface area contributed by atoms with E-state index in [1.165, 1.54) is 0 Å². The van der Waals surface area contributed by atoms with Crippen LogP contribution in [0.15, 0.2) is 22.7 Å². The Morgan fingerprint density at radius 1 is 0.958 bits per heavy atom. The van der Waals surface area contributed by atoms with E-state index in [9.17, 15) is 0 Å². The molecule has 136 valence electrons. The van der Waals surface area contributed by atoms with Crippen LogP contribution in [-0.2, 0) is 23.7 Å². The number of benzene rings is 1. The average molecular weight is 406 g/mol. The van der Waals surface area contributed by atoms with Crippen LogP contribution >= 0.6 is 15.9 Å². The monoisotopic (exact) mass is 405 g/mol. The molecular weight excluding hydrogens is 382 g/mol. The SMILES string of the molecule is COCOc1ccc(N2C[C@H](OCOC)[C@@H](OCOC)C2)cc1Br. The number of anilines is 1. The summed E-state index contributed by atoms with van der Waals surface area (Å²) in [4.78, 5) is 2.20. The van der Waals surface area contributed by atoms with Crippen LogP contribution in [0.5, 0.6) is 5.75 Å². The minimum absolute atomic E-state index is 0.0803. The van der Waals surface area contributed by atoms with Gasteiger partial charge in [0, 0.05) is 40.1 Å². The van der Waals surface area contributed by atoms with Crippen molar-refractivity contribution in [1.29, 1.82) is 0 Å². The number of ether oxygens (including phenoxy) is 6. The molecule has 1 aromatic rings. The highest BCUT2D eigenvalue weighted by molar-refractivity contribution is 9.10. The summed E-state index contributed by atoms with van der Waals surface area (Å²) >= 11 is 3.53. The molecule has 2 rings (SSSR count). The molecule has 0 aliphatic carbocycles. The van der Waals surface area contributed by atoms with Gasteiger partial charge in [-0.05, 0) is 34.1 Å². The quantitative estimate of drug-likeness (QED) is 0.553. The predicted molar refractivity (Wildman–Crippen MR) is 92.4 cm³/mol. The van der Waals surface area contributed by atoms with Gasteiger partial charge in [-0.1, -0.05) is 0 Å². The normalized spacial score (nSPS) is 20.6. The largest absolute Gasteiger partial charge is 0.466 e. The first kappa shape index (κ1) is 19.4. The maximum atomic E-state index is 5.72. The molecular formula is C16H24BrNO6. The van der Waals surface area contributed by atoms with Crippen molar-refractivity contribution in [2.75, 3.05) is 59.7 Å². The molecule has 0 saturated carbocycles. The second-order valence-corrected chi connectivity index (χ2v) is 6.15. The summed E-state index contributed by atoms with van der Waals surface area (Å²) in [6.07, 6.45) is -0.161. The highest BCUT2D eigenvalue weighted by atomic mass is 79.9. The van der Waals surface area contributed by atoms with Crippen molar-refractivity contribution in [2.24, 2.45) is 0 Å². The molecule has 8 heteroatoms. The Kier molecular flexibility index (Phi) is 8.23. The van der Waals surface area contributed by atoms with Crippen LogP contribution < -0.4 is 9.64 Å². The van der Waals surface area contributed by atoms with Crippen molar-refractivity contribution in [3.05, 3.63) is 22.7 Å². The first-order valence-electron chi connectivity index (χ1n) is 7.57. The Morgan fingerprint density at radius 2 is 1.54 bits per heavy atom. The summed E-state index contributed by atoms with van der Waals surface area (Å²) in [7, 11) is 4.80. The molecule has 1 aromatic carbocycles. The number of methoxy groups -OCH3 is 3. The van der Waals surface area contributed by atoms with Crippen molar-refractivity contribution in [1.82, 2.24) is 0 Å². The third-order valence-electron chi connectivity index (χ3n) is 3.63. The van der Waals surface area contributed by atoms with Crippen LogP contribution in [-0.4, -0.2) is 67.0 Å². The molecule has 0 aromatic heterocycles. The minimum atomic E-state index is -0.0803. The molecule has 1 aliphatic heterocycles. The van der Waals surface area contributed by atoms with Crippen LogP contribution in [0, 0.1) is 0 Å². The fraction of sp³-hybridized carbons (Fsp3) is 0.625. The highest BCUT2D eigenvalue weighted by Gasteiger charge is 2.34. The van der Waals surface area contributed by atoms with Crippen LogP contribution in [0.25, 0.3) is 0 Å². The predicted octanol–water partition coefficient (Wildman–Crippen LogP) is 2.23. The molecule has 0 spiro atoms. The Labute approximate surface area is 150 Å². The summed E-state index contributed by atoms with van der Waals surface area (Å²) in [6.45, 7) is 2.10. The van der Waals surface area contributed by atoms with Crippen molar-refractivity contribution in [3.8, 4) is 5.75 Å². The van der Waals surface area contributed by atoms with Crippen LogP contribution in [0.4, 0.5) is 5.69 Å². The van der Waals surface area contributed by atoms with Gasteiger partial charge in [0.05, 0.1) is 4.47 Å². The summed E-state index contributed by atoms with van der Waals surface area (Å²) in [6, 6.07) is 5.92. The Hall–Kier alpha value is -0.900. The van der Waals surface area contributed by atoms with E-state index >= 15 is 0 Å². The van der Waals surface area contributed by atoms with Gasteiger partial charge in [0.25, 0.3) is 0 Å². The summed E-state index contributed by atoms with van der Waals surface area (Å²) in [5, 5.41) is 0. The van der Waals surface area contributed by atoms with Gasteiger partial charge in [-0.2, -0.15) is 0 Å². The molecule has 0 amide bonds. The molecule has 1 fully saturated rings. The standard InChI is InChI=1S/C16H24BrNO6/c1-19-9-22-14-5-4-12(6-13(14)17)18-7-15(23-10-20-2)16(8-18)24-11-21-3/h4-6,15-16H,7-11H2,1-3H3/t15-,16-/m0/s1. The Morgan fingerprint density at radius 3 is 2.04 bits per heavy atom. The maximum absolute atomic E-state index is 5.72. The highest BCUT2D eigenvalue weighted by Crippen LogP contribution is 2.32. The third-order valence-corrected chi connectivity index (χ3v) is 4.25. The van der Waals surface area contributed by atoms with Crippen molar-refractivity contribution >= 4 is 21.6 Å². The molecule has 1 aliphatic rings. The van der Waals surface area contributed by atoms with Crippen LogP contribution in [0.2, 0.25) is 0 Å². The van der Waals surface area contributed by atoms with Gasteiger partial charge in [0.2, 0.25) is 0 Å². The zero-order chi connectivity index (χ0) is 17.4. The molecule has 1 saturated heterocycles. The van der Waals surface area contributed by atoms with Crippen molar-refractivity contribution in [2.45, 2.75) is 12.2 Å². The fourth-order valence-corrected chi connectivity index (χ4v) is 2.99. The number of halogens is 1. The van der Waals surface area contributed by atoms with E-state index in [-0.39, 0.29) is 32.6 Å². The average Bonchev–Trinajstić information content (AvgIpc) is 3.00. The van der Waals surface area contributed by atoms with E-state index < -0.39 is 0 Å². The van der Waals surface area contributed by atoms with Gasteiger partial charge in [0.15, 0.2) is 6.79 Å². The van der Waals surface area contributed by atoms with Gasteiger partial charge in [-0.3, -0.25) is 0 Å². The van der Waals surface area contributed by atoms with E-state index in [0.717, 1.165) is 15.9 Å². The minimum Gasteiger partial charge on any atom is -0.466 e. The topological polar surface area (TPSA) is 58.6 Å². The van der Waals surface area contributed by atoms with Crippen molar-refractivity contribution < 1.29 is 28.4 Å².